The van der Waals surface area contributed by atoms with Crippen LogP contribution >= 0.6 is 15.9 Å². The van der Waals surface area contributed by atoms with E-state index in [0.717, 1.165) is 18.4 Å². The van der Waals surface area contributed by atoms with Crippen LogP contribution in [0.3, 0.4) is 0 Å². The topological polar surface area (TPSA) is 27.0 Å². The van der Waals surface area contributed by atoms with Crippen molar-refractivity contribution in [2.24, 2.45) is 0 Å². The van der Waals surface area contributed by atoms with Crippen molar-refractivity contribution < 1.29 is 0 Å². The molecule has 0 fully saturated rings. The molecule has 0 spiro atoms. The third-order valence-electron chi connectivity index (χ3n) is 2.32. The summed E-state index contributed by atoms with van der Waals surface area (Å²) in [7, 11) is 0. The number of rotatable bonds is 8. The van der Waals surface area contributed by atoms with Gasteiger partial charge in [-0.25, -0.2) is 0 Å². The van der Waals surface area contributed by atoms with Crippen LogP contribution in [0.5, 0.6) is 0 Å². The van der Waals surface area contributed by atoms with Crippen LogP contribution in [0.1, 0.15) is 39.5 Å². The SMILES string of the molecule is CC(C)N(CCC#N)CCCCCBr. The van der Waals surface area contributed by atoms with Crippen LogP contribution in [0, 0.1) is 11.3 Å². The zero-order valence-electron chi connectivity index (χ0n) is 9.30. The van der Waals surface area contributed by atoms with Gasteiger partial charge in [0.1, 0.15) is 0 Å². The fourth-order valence-electron chi connectivity index (χ4n) is 1.41. The van der Waals surface area contributed by atoms with Crippen molar-refractivity contribution in [2.45, 2.75) is 45.6 Å². The molecule has 0 atom stereocenters. The van der Waals surface area contributed by atoms with Crippen LogP contribution < -0.4 is 0 Å². The largest absolute Gasteiger partial charge is 0.300 e. The van der Waals surface area contributed by atoms with Crippen molar-refractivity contribution in [2.75, 3.05) is 18.4 Å². The van der Waals surface area contributed by atoms with E-state index in [9.17, 15) is 0 Å². The second-order valence-corrected chi connectivity index (χ2v) is 4.58. The van der Waals surface area contributed by atoms with E-state index in [4.69, 9.17) is 5.26 Å². The molecule has 0 aromatic carbocycles. The van der Waals surface area contributed by atoms with E-state index in [1.165, 1.54) is 19.3 Å². The monoisotopic (exact) mass is 260 g/mol. The molecule has 0 rings (SSSR count). The summed E-state index contributed by atoms with van der Waals surface area (Å²) in [5, 5.41) is 9.63. The highest BCUT2D eigenvalue weighted by Gasteiger charge is 2.07. The van der Waals surface area contributed by atoms with Crippen LogP contribution in [0.2, 0.25) is 0 Å². The normalized spacial score (nSPS) is 10.9. The molecule has 0 aromatic heterocycles. The molecule has 0 unspecified atom stereocenters. The van der Waals surface area contributed by atoms with Gasteiger partial charge in [0.15, 0.2) is 0 Å². The first-order valence-electron chi connectivity index (χ1n) is 5.39. The second kappa shape index (κ2) is 9.48. The van der Waals surface area contributed by atoms with Gasteiger partial charge in [0.25, 0.3) is 0 Å². The van der Waals surface area contributed by atoms with Crippen molar-refractivity contribution in [3.63, 3.8) is 0 Å². The van der Waals surface area contributed by atoms with E-state index in [1.807, 2.05) is 0 Å². The molecular weight excluding hydrogens is 240 g/mol. The maximum Gasteiger partial charge on any atom is 0.0635 e. The molecule has 0 saturated carbocycles. The van der Waals surface area contributed by atoms with Gasteiger partial charge in [0, 0.05) is 24.3 Å². The van der Waals surface area contributed by atoms with Gasteiger partial charge in [-0.05, 0) is 33.2 Å². The summed E-state index contributed by atoms with van der Waals surface area (Å²) in [5.74, 6) is 0. The zero-order valence-corrected chi connectivity index (χ0v) is 10.9. The number of nitrogens with zero attached hydrogens (tertiary/aromatic N) is 2. The Morgan fingerprint density at radius 3 is 2.43 bits per heavy atom. The van der Waals surface area contributed by atoms with Crippen molar-refractivity contribution in [3.05, 3.63) is 0 Å². The number of alkyl halides is 1. The number of unbranched alkanes of at least 4 members (excludes halogenated alkanes) is 2. The maximum absolute atomic E-state index is 8.52. The highest BCUT2D eigenvalue weighted by atomic mass is 79.9. The van der Waals surface area contributed by atoms with E-state index in [2.05, 4.69) is 40.7 Å². The standard InChI is InChI=1S/C11H21BrN2/c1-11(2)14(10-6-8-13)9-5-3-4-7-12/h11H,3-7,9-10H2,1-2H3. The molecule has 0 bridgehead atoms. The molecule has 82 valence electrons. The number of halogens is 1. The van der Waals surface area contributed by atoms with Gasteiger partial charge in [0.05, 0.1) is 6.07 Å². The first-order chi connectivity index (χ1) is 6.72. The van der Waals surface area contributed by atoms with E-state index in [1.54, 1.807) is 0 Å². The summed E-state index contributed by atoms with van der Waals surface area (Å²) in [6.45, 7) is 6.44. The van der Waals surface area contributed by atoms with Crippen LogP contribution in [0.15, 0.2) is 0 Å². The molecule has 0 amide bonds. The van der Waals surface area contributed by atoms with Crippen LogP contribution in [0.25, 0.3) is 0 Å². The summed E-state index contributed by atoms with van der Waals surface area (Å²) in [5.41, 5.74) is 0. The lowest BCUT2D eigenvalue weighted by molar-refractivity contribution is 0.222. The lowest BCUT2D eigenvalue weighted by Gasteiger charge is -2.25. The molecule has 0 heterocycles. The zero-order chi connectivity index (χ0) is 10.8. The summed E-state index contributed by atoms with van der Waals surface area (Å²) in [4.78, 5) is 2.39. The van der Waals surface area contributed by atoms with Crippen molar-refractivity contribution >= 4 is 15.9 Å². The molecular formula is C11H21BrN2. The summed E-state index contributed by atoms with van der Waals surface area (Å²) in [6, 6.07) is 2.77. The average molecular weight is 261 g/mol. The maximum atomic E-state index is 8.52. The first kappa shape index (κ1) is 13.9. The molecule has 0 saturated heterocycles. The molecule has 0 aliphatic rings. The predicted molar refractivity (Wildman–Crippen MR) is 64.6 cm³/mol. The Labute approximate surface area is 96.4 Å². The van der Waals surface area contributed by atoms with Gasteiger partial charge in [-0.3, -0.25) is 4.90 Å². The Bertz CT molecular complexity index is 163. The molecule has 0 aliphatic carbocycles. The van der Waals surface area contributed by atoms with Crippen LogP contribution in [-0.4, -0.2) is 29.4 Å². The molecule has 0 N–H and O–H groups in total. The molecule has 0 aromatic rings. The minimum absolute atomic E-state index is 0.562. The quantitative estimate of drug-likeness (QED) is 0.495. The van der Waals surface area contributed by atoms with Crippen LogP contribution in [-0.2, 0) is 0 Å². The summed E-state index contributed by atoms with van der Waals surface area (Å²) in [6.07, 6.45) is 4.43. The van der Waals surface area contributed by atoms with Crippen LogP contribution in [0.4, 0.5) is 0 Å². The van der Waals surface area contributed by atoms with Crippen molar-refractivity contribution in [3.8, 4) is 6.07 Å². The number of hydrogen-bond acceptors (Lipinski definition) is 2. The lowest BCUT2D eigenvalue weighted by Crippen LogP contribution is -2.32. The average Bonchev–Trinajstić information content (AvgIpc) is 2.16. The smallest absolute Gasteiger partial charge is 0.0635 e. The van der Waals surface area contributed by atoms with Gasteiger partial charge in [-0.15, -0.1) is 0 Å². The third-order valence-corrected chi connectivity index (χ3v) is 2.88. The highest BCUT2D eigenvalue weighted by Crippen LogP contribution is 2.05. The van der Waals surface area contributed by atoms with Gasteiger partial charge < -0.3 is 0 Å². The molecule has 3 heteroatoms. The Kier molecular flexibility index (Phi) is 9.44. The van der Waals surface area contributed by atoms with E-state index < -0.39 is 0 Å². The predicted octanol–water partition coefficient (Wildman–Crippen LogP) is 3.18. The molecule has 0 aliphatic heterocycles. The van der Waals surface area contributed by atoms with Crippen molar-refractivity contribution in [1.82, 2.24) is 4.90 Å². The second-order valence-electron chi connectivity index (χ2n) is 3.79. The lowest BCUT2D eigenvalue weighted by atomic mass is 10.2. The Morgan fingerprint density at radius 2 is 1.93 bits per heavy atom. The van der Waals surface area contributed by atoms with E-state index >= 15 is 0 Å². The third kappa shape index (κ3) is 7.34. The summed E-state index contributed by atoms with van der Waals surface area (Å²) < 4.78 is 0. The minimum Gasteiger partial charge on any atom is -0.300 e. The van der Waals surface area contributed by atoms with E-state index in [0.29, 0.717) is 12.5 Å². The summed E-state index contributed by atoms with van der Waals surface area (Å²) >= 11 is 3.43. The highest BCUT2D eigenvalue weighted by molar-refractivity contribution is 9.09. The Balaban J connectivity index is 3.58. The minimum atomic E-state index is 0.562. The fourth-order valence-corrected chi connectivity index (χ4v) is 1.80. The van der Waals surface area contributed by atoms with Gasteiger partial charge >= 0.3 is 0 Å². The van der Waals surface area contributed by atoms with Gasteiger partial charge in [-0.1, -0.05) is 22.4 Å². The van der Waals surface area contributed by atoms with E-state index in [-0.39, 0.29) is 0 Å². The van der Waals surface area contributed by atoms with Gasteiger partial charge in [0.2, 0.25) is 0 Å². The number of nitriles is 1. The number of hydrogen-bond donors (Lipinski definition) is 0. The van der Waals surface area contributed by atoms with Crippen molar-refractivity contribution in [1.29, 1.82) is 5.26 Å². The van der Waals surface area contributed by atoms with Gasteiger partial charge in [-0.2, -0.15) is 5.26 Å². The Hall–Kier alpha value is -0.0700. The molecule has 14 heavy (non-hydrogen) atoms. The fraction of sp³-hybridized carbons (Fsp3) is 0.909. The Morgan fingerprint density at radius 1 is 1.21 bits per heavy atom. The molecule has 0 radical (unpaired) electrons. The molecule has 2 nitrogen and oxygen atoms in total. The first-order valence-corrected chi connectivity index (χ1v) is 6.51.